The van der Waals surface area contributed by atoms with Gasteiger partial charge < -0.3 is 10.8 Å². The number of non-ortho nitro benzene ring substituents is 1. The lowest BCUT2D eigenvalue weighted by Crippen LogP contribution is -2.49. The van der Waals surface area contributed by atoms with E-state index in [1.807, 2.05) is 6.07 Å². The van der Waals surface area contributed by atoms with Gasteiger partial charge >= 0.3 is 0 Å². The first-order chi connectivity index (χ1) is 7.57. The summed E-state index contributed by atoms with van der Waals surface area (Å²) < 4.78 is 0. The van der Waals surface area contributed by atoms with Gasteiger partial charge in [0.15, 0.2) is 0 Å². The van der Waals surface area contributed by atoms with Crippen LogP contribution in [0.1, 0.15) is 18.4 Å². The largest absolute Gasteiger partial charge is 0.393 e. The fraction of sp³-hybridized carbons (Fsp3) is 0.455. The van der Waals surface area contributed by atoms with Gasteiger partial charge in [-0.15, -0.1) is 0 Å². The summed E-state index contributed by atoms with van der Waals surface area (Å²) in [5, 5.41) is 20.0. The SMILES string of the molecule is NCC1(c2cccc([N+](=O)[O-])c2)CC(O)C1. The van der Waals surface area contributed by atoms with Gasteiger partial charge in [-0.25, -0.2) is 0 Å². The molecule has 0 radical (unpaired) electrons. The lowest BCUT2D eigenvalue weighted by atomic mass is 9.63. The Morgan fingerprint density at radius 2 is 2.25 bits per heavy atom. The van der Waals surface area contributed by atoms with Crippen molar-refractivity contribution < 1.29 is 10.0 Å². The Bertz CT molecular complexity index is 413. The number of hydrogen-bond donors (Lipinski definition) is 2. The van der Waals surface area contributed by atoms with Crippen molar-refractivity contribution in [3.63, 3.8) is 0 Å². The highest BCUT2D eigenvalue weighted by Gasteiger charge is 2.44. The topological polar surface area (TPSA) is 89.4 Å². The number of aliphatic hydroxyl groups excluding tert-OH is 1. The van der Waals surface area contributed by atoms with Crippen LogP contribution < -0.4 is 5.73 Å². The van der Waals surface area contributed by atoms with E-state index in [2.05, 4.69) is 0 Å². The maximum absolute atomic E-state index is 10.7. The van der Waals surface area contributed by atoms with Crippen LogP contribution in [0.4, 0.5) is 5.69 Å². The predicted octanol–water partition coefficient (Wildman–Crippen LogP) is 0.946. The molecule has 0 amide bonds. The van der Waals surface area contributed by atoms with Crippen LogP contribution in [0.5, 0.6) is 0 Å². The van der Waals surface area contributed by atoms with Gasteiger partial charge in [-0.1, -0.05) is 12.1 Å². The fourth-order valence-electron chi connectivity index (χ4n) is 2.31. The van der Waals surface area contributed by atoms with Crippen molar-refractivity contribution in [3.8, 4) is 0 Å². The van der Waals surface area contributed by atoms with E-state index in [1.165, 1.54) is 6.07 Å². The second-order valence-electron chi connectivity index (χ2n) is 4.35. The van der Waals surface area contributed by atoms with Crippen molar-refractivity contribution in [3.05, 3.63) is 39.9 Å². The fourth-order valence-corrected chi connectivity index (χ4v) is 2.31. The van der Waals surface area contributed by atoms with E-state index in [-0.39, 0.29) is 17.2 Å². The molecule has 1 aliphatic carbocycles. The van der Waals surface area contributed by atoms with Gasteiger partial charge in [0.05, 0.1) is 11.0 Å². The van der Waals surface area contributed by atoms with E-state index >= 15 is 0 Å². The van der Waals surface area contributed by atoms with Gasteiger partial charge in [0, 0.05) is 24.1 Å². The molecule has 0 heterocycles. The first-order valence-electron chi connectivity index (χ1n) is 5.20. The monoisotopic (exact) mass is 222 g/mol. The Balaban J connectivity index is 2.33. The maximum Gasteiger partial charge on any atom is 0.269 e. The molecule has 0 spiro atoms. The van der Waals surface area contributed by atoms with Crippen LogP contribution in [0, 0.1) is 10.1 Å². The molecule has 0 atom stereocenters. The van der Waals surface area contributed by atoms with Crippen LogP contribution >= 0.6 is 0 Å². The van der Waals surface area contributed by atoms with E-state index in [0.29, 0.717) is 19.4 Å². The molecule has 86 valence electrons. The highest BCUT2D eigenvalue weighted by molar-refractivity contribution is 5.40. The standard InChI is InChI=1S/C11H14N2O3/c12-7-11(5-10(14)6-11)8-2-1-3-9(4-8)13(15)16/h1-4,10,14H,5-7,12H2. The minimum Gasteiger partial charge on any atom is -0.393 e. The van der Waals surface area contributed by atoms with Crippen molar-refractivity contribution in [1.82, 2.24) is 0 Å². The highest BCUT2D eigenvalue weighted by atomic mass is 16.6. The third-order valence-corrected chi connectivity index (χ3v) is 3.31. The Hall–Kier alpha value is -1.46. The number of nitro groups is 1. The van der Waals surface area contributed by atoms with Crippen molar-refractivity contribution in [2.75, 3.05) is 6.54 Å². The molecule has 5 heteroatoms. The third-order valence-electron chi connectivity index (χ3n) is 3.31. The molecule has 5 nitrogen and oxygen atoms in total. The normalized spacial score (nSPS) is 28.5. The molecule has 3 N–H and O–H groups in total. The number of nitrogens with two attached hydrogens (primary N) is 1. The third kappa shape index (κ3) is 1.68. The number of nitrogens with zero attached hydrogens (tertiary/aromatic N) is 1. The molecular weight excluding hydrogens is 208 g/mol. The van der Waals surface area contributed by atoms with Gasteiger partial charge in [-0.05, 0) is 18.4 Å². The van der Waals surface area contributed by atoms with Crippen molar-refractivity contribution in [1.29, 1.82) is 0 Å². The molecule has 1 fully saturated rings. The Kier molecular flexibility index (Phi) is 2.65. The summed E-state index contributed by atoms with van der Waals surface area (Å²) in [5.41, 5.74) is 6.37. The van der Waals surface area contributed by atoms with Crippen LogP contribution in [0.25, 0.3) is 0 Å². The zero-order valence-electron chi connectivity index (χ0n) is 8.80. The molecule has 0 unspecified atom stereocenters. The molecule has 2 rings (SSSR count). The number of rotatable bonds is 3. The predicted molar refractivity (Wildman–Crippen MR) is 59.1 cm³/mol. The van der Waals surface area contributed by atoms with Crippen LogP contribution in [0.15, 0.2) is 24.3 Å². The molecule has 1 aromatic rings. The molecule has 0 aliphatic heterocycles. The molecule has 1 aromatic carbocycles. The average molecular weight is 222 g/mol. The summed E-state index contributed by atoms with van der Waals surface area (Å²) in [4.78, 5) is 10.3. The summed E-state index contributed by atoms with van der Waals surface area (Å²) >= 11 is 0. The molecule has 1 saturated carbocycles. The smallest absolute Gasteiger partial charge is 0.269 e. The minimum absolute atomic E-state index is 0.0757. The van der Waals surface area contributed by atoms with Crippen molar-refractivity contribution >= 4 is 5.69 Å². The van der Waals surface area contributed by atoms with Crippen LogP contribution in [0.2, 0.25) is 0 Å². The van der Waals surface area contributed by atoms with Crippen LogP contribution in [0.3, 0.4) is 0 Å². The summed E-state index contributed by atoms with van der Waals surface area (Å²) in [6.45, 7) is 0.408. The minimum atomic E-state index is -0.414. The highest BCUT2D eigenvalue weighted by Crippen LogP contribution is 2.43. The molecule has 0 saturated heterocycles. The number of hydrogen-bond acceptors (Lipinski definition) is 4. The van der Waals surface area contributed by atoms with E-state index in [9.17, 15) is 15.2 Å². The lowest BCUT2D eigenvalue weighted by Gasteiger charge is -2.45. The van der Waals surface area contributed by atoms with E-state index in [4.69, 9.17) is 5.73 Å². The molecule has 1 aliphatic rings. The van der Waals surface area contributed by atoms with Gasteiger partial charge in [-0.2, -0.15) is 0 Å². The van der Waals surface area contributed by atoms with E-state index < -0.39 is 4.92 Å². The summed E-state index contributed by atoms with van der Waals surface area (Å²) in [5.74, 6) is 0. The van der Waals surface area contributed by atoms with Gasteiger partial charge in [0.2, 0.25) is 0 Å². The first kappa shape index (κ1) is 11.0. The van der Waals surface area contributed by atoms with Gasteiger partial charge in [-0.3, -0.25) is 10.1 Å². The summed E-state index contributed by atoms with van der Waals surface area (Å²) in [6.07, 6.45) is 0.845. The van der Waals surface area contributed by atoms with Crippen molar-refractivity contribution in [2.45, 2.75) is 24.4 Å². The molecule has 0 aromatic heterocycles. The van der Waals surface area contributed by atoms with E-state index in [0.717, 1.165) is 5.56 Å². The van der Waals surface area contributed by atoms with Crippen LogP contribution in [-0.2, 0) is 5.41 Å². The second kappa shape index (κ2) is 3.84. The lowest BCUT2D eigenvalue weighted by molar-refractivity contribution is -0.385. The summed E-state index contributed by atoms with van der Waals surface area (Å²) in [7, 11) is 0. The Labute approximate surface area is 93.0 Å². The second-order valence-corrected chi connectivity index (χ2v) is 4.35. The molecular formula is C11H14N2O3. The van der Waals surface area contributed by atoms with Crippen LogP contribution in [-0.4, -0.2) is 22.7 Å². The number of benzene rings is 1. The molecule has 16 heavy (non-hydrogen) atoms. The van der Waals surface area contributed by atoms with Gasteiger partial charge in [0.1, 0.15) is 0 Å². The molecule has 0 bridgehead atoms. The first-order valence-corrected chi connectivity index (χ1v) is 5.20. The maximum atomic E-state index is 10.7. The quantitative estimate of drug-likeness (QED) is 0.588. The van der Waals surface area contributed by atoms with Gasteiger partial charge in [0.25, 0.3) is 5.69 Å². The zero-order valence-corrected chi connectivity index (χ0v) is 8.80. The zero-order chi connectivity index (χ0) is 11.8. The van der Waals surface area contributed by atoms with Crippen molar-refractivity contribution in [2.24, 2.45) is 5.73 Å². The number of nitro benzene ring substituents is 1. The van der Waals surface area contributed by atoms with E-state index in [1.54, 1.807) is 12.1 Å². The number of aliphatic hydroxyl groups is 1. The summed E-state index contributed by atoms with van der Waals surface area (Å²) in [6, 6.07) is 6.52. The Morgan fingerprint density at radius 1 is 1.56 bits per heavy atom. The Morgan fingerprint density at radius 3 is 2.75 bits per heavy atom. The average Bonchev–Trinajstić information content (AvgIpc) is 2.24.